The molecule has 0 heteroatoms. The maximum absolute atomic E-state index is 4.23. The van der Waals surface area contributed by atoms with Gasteiger partial charge in [0.1, 0.15) is 0 Å². The fourth-order valence-corrected chi connectivity index (χ4v) is 6.75. The van der Waals surface area contributed by atoms with E-state index in [9.17, 15) is 0 Å². The Morgan fingerprint density at radius 3 is 2.46 bits per heavy atom. The summed E-state index contributed by atoms with van der Waals surface area (Å²) < 4.78 is 0. The zero-order valence-corrected chi connectivity index (χ0v) is 16.5. The van der Waals surface area contributed by atoms with E-state index in [1.54, 1.807) is 5.57 Å². The Morgan fingerprint density at radius 2 is 1.83 bits per heavy atom. The van der Waals surface area contributed by atoms with Gasteiger partial charge in [-0.05, 0) is 73.5 Å². The third-order valence-corrected chi connectivity index (χ3v) is 8.34. The largest absolute Gasteiger partial charge is 0.103 e. The minimum Gasteiger partial charge on any atom is -0.103 e. The van der Waals surface area contributed by atoms with Crippen LogP contribution in [0.15, 0.2) is 37.0 Å². The zero-order valence-electron chi connectivity index (χ0n) is 16.5. The summed E-state index contributed by atoms with van der Waals surface area (Å²) in [7, 11) is 0. The summed E-state index contributed by atoms with van der Waals surface area (Å²) in [4.78, 5) is 0. The molecule has 0 spiro atoms. The lowest BCUT2D eigenvalue weighted by molar-refractivity contribution is 0.0507. The van der Waals surface area contributed by atoms with E-state index in [0.29, 0.717) is 10.8 Å². The van der Waals surface area contributed by atoms with Crippen LogP contribution in [0, 0.1) is 34.0 Å². The van der Waals surface area contributed by atoms with Crippen molar-refractivity contribution < 1.29 is 0 Å². The highest BCUT2D eigenvalue weighted by molar-refractivity contribution is 5.34. The molecule has 3 aliphatic carbocycles. The summed E-state index contributed by atoms with van der Waals surface area (Å²) in [5, 5.41) is 0. The normalized spacial score (nSPS) is 48.5. The second kappa shape index (κ2) is 6.19. The van der Waals surface area contributed by atoms with E-state index < -0.39 is 0 Å². The van der Waals surface area contributed by atoms with E-state index in [1.807, 2.05) is 0 Å². The molecule has 0 nitrogen and oxygen atoms in total. The summed E-state index contributed by atoms with van der Waals surface area (Å²) in [6.07, 6.45) is 17.5. The minimum absolute atomic E-state index is 0.222. The number of hydrogen-bond acceptors (Lipinski definition) is 0. The standard InChI is InChI=1S/C24H38/c1-7-10-12-18-21-19-14-15-22(4,9-3)20(13-11-8-2)23(19,5)16-17-24(18,21)6/h7,9,13,18-19,21H,1,3,8,10-12,14-17H2,2,4-6H3/b20-13+. The van der Waals surface area contributed by atoms with Crippen LogP contribution in [0.4, 0.5) is 0 Å². The molecule has 3 saturated carbocycles. The van der Waals surface area contributed by atoms with Crippen LogP contribution < -0.4 is 0 Å². The molecule has 0 aliphatic heterocycles. The highest BCUT2D eigenvalue weighted by Gasteiger charge is 2.69. The molecule has 24 heavy (non-hydrogen) atoms. The molecule has 3 fully saturated rings. The van der Waals surface area contributed by atoms with E-state index in [0.717, 1.165) is 17.8 Å². The zero-order chi connectivity index (χ0) is 17.6. The van der Waals surface area contributed by atoms with Crippen LogP contribution >= 0.6 is 0 Å². The molecule has 0 saturated heterocycles. The molecule has 3 aliphatic rings. The van der Waals surface area contributed by atoms with Gasteiger partial charge in [0.05, 0.1) is 0 Å². The lowest BCUT2D eigenvalue weighted by Crippen LogP contribution is -2.45. The van der Waals surface area contributed by atoms with Crippen molar-refractivity contribution >= 4 is 0 Å². The van der Waals surface area contributed by atoms with E-state index in [1.165, 1.54) is 51.4 Å². The predicted octanol–water partition coefficient (Wildman–Crippen LogP) is 7.33. The highest BCUT2D eigenvalue weighted by atomic mass is 14.7. The molecule has 0 radical (unpaired) electrons. The Balaban J connectivity index is 1.92. The second-order valence-corrected chi connectivity index (χ2v) is 9.59. The summed E-state index contributed by atoms with van der Waals surface area (Å²) in [5.74, 6) is 2.79. The van der Waals surface area contributed by atoms with Crippen molar-refractivity contribution in [1.82, 2.24) is 0 Å². The SMILES string of the molecule is C=CCCC1C2C3CCC(C)(C=C)/C(=C\CCC)C3(C)CCC12C. The molecule has 0 aromatic heterocycles. The molecule has 0 amide bonds. The molecule has 6 unspecified atom stereocenters. The molecule has 0 N–H and O–H groups in total. The van der Waals surface area contributed by atoms with E-state index in [4.69, 9.17) is 0 Å². The molecule has 3 rings (SSSR count). The van der Waals surface area contributed by atoms with Gasteiger partial charge in [-0.15, -0.1) is 13.2 Å². The Morgan fingerprint density at radius 1 is 1.08 bits per heavy atom. The van der Waals surface area contributed by atoms with Crippen molar-refractivity contribution in [2.45, 2.75) is 79.1 Å². The lowest BCUT2D eigenvalue weighted by Gasteiger charge is -2.55. The monoisotopic (exact) mass is 326 g/mol. The Labute approximate surface area is 150 Å². The summed E-state index contributed by atoms with van der Waals surface area (Å²) in [5.41, 5.74) is 2.99. The third-order valence-electron chi connectivity index (χ3n) is 8.34. The first kappa shape index (κ1) is 18.0. The summed E-state index contributed by atoms with van der Waals surface area (Å²) in [6, 6.07) is 0. The predicted molar refractivity (Wildman–Crippen MR) is 106 cm³/mol. The Kier molecular flexibility index (Phi) is 4.65. The second-order valence-electron chi connectivity index (χ2n) is 9.59. The quantitative estimate of drug-likeness (QED) is 0.448. The van der Waals surface area contributed by atoms with Crippen molar-refractivity contribution in [1.29, 1.82) is 0 Å². The Bertz CT molecular complexity index is 540. The topological polar surface area (TPSA) is 0 Å². The van der Waals surface area contributed by atoms with Gasteiger partial charge in [0.2, 0.25) is 0 Å². The maximum atomic E-state index is 4.23. The van der Waals surface area contributed by atoms with Crippen LogP contribution in [-0.2, 0) is 0 Å². The molecular weight excluding hydrogens is 288 g/mol. The van der Waals surface area contributed by atoms with Crippen LogP contribution in [0.3, 0.4) is 0 Å². The Hall–Kier alpha value is -0.780. The maximum Gasteiger partial charge on any atom is 0.00655 e. The van der Waals surface area contributed by atoms with Crippen LogP contribution in [0.2, 0.25) is 0 Å². The molecule has 6 atom stereocenters. The number of rotatable bonds is 6. The van der Waals surface area contributed by atoms with Gasteiger partial charge in [-0.25, -0.2) is 0 Å². The fraction of sp³-hybridized carbons (Fsp3) is 0.750. The number of hydrogen-bond donors (Lipinski definition) is 0. The van der Waals surface area contributed by atoms with E-state index in [2.05, 4.69) is 59.1 Å². The highest BCUT2D eigenvalue weighted by Crippen LogP contribution is 2.77. The molecule has 0 bridgehead atoms. The van der Waals surface area contributed by atoms with Crippen LogP contribution in [0.25, 0.3) is 0 Å². The van der Waals surface area contributed by atoms with Gasteiger partial charge < -0.3 is 0 Å². The van der Waals surface area contributed by atoms with Gasteiger partial charge in [-0.2, -0.15) is 0 Å². The van der Waals surface area contributed by atoms with Crippen LogP contribution in [-0.4, -0.2) is 0 Å². The van der Waals surface area contributed by atoms with Gasteiger partial charge in [-0.3, -0.25) is 0 Å². The van der Waals surface area contributed by atoms with Crippen molar-refractivity contribution in [3.05, 3.63) is 37.0 Å². The number of allylic oxidation sites excluding steroid dienone is 4. The molecule has 0 aromatic rings. The molecule has 0 heterocycles. The van der Waals surface area contributed by atoms with Gasteiger partial charge in [0, 0.05) is 5.41 Å². The van der Waals surface area contributed by atoms with Crippen LogP contribution in [0.1, 0.15) is 79.1 Å². The first-order valence-corrected chi connectivity index (χ1v) is 10.3. The first-order valence-electron chi connectivity index (χ1n) is 10.3. The van der Waals surface area contributed by atoms with Gasteiger partial charge in [0.15, 0.2) is 0 Å². The van der Waals surface area contributed by atoms with Gasteiger partial charge >= 0.3 is 0 Å². The minimum atomic E-state index is 0.222. The van der Waals surface area contributed by atoms with Gasteiger partial charge in [-0.1, -0.05) is 57.9 Å². The average molecular weight is 327 g/mol. The van der Waals surface area contributed by atoms with Crippen molar-refractivity contribution in [3.8, 4) is 0 Å². The molecule has 134 valence electrons. The number of fused-ring (bicyclic) bond motifs is 3. The fourth-order valence-electron chi connectivity index (χ4n) is 6.75. The lowest BCUT2D eigenvalue weighted by atomic mass is 9.50. The van der Waals surface area contributed by atoms with Crippen LogP contribution in [0.5, 0.6) is 0 Å². The van der Waals surface area contributed by atoms with Gasteiger partial charge in [0.25, 0.3) is 0 Å². The average Bonchev–Trinajstić information content (AvgIpc) is 3.16. The number of unbranched alkanes of at least 4 members (excludes halogenated alkanes) is 1. The van der Waals surface area contributed by atoms with Crippen molar-refractivity contribution in [2.24, 2.45) is 34.0 Å². The van der Waals surface area contributed by atoms with E-state index >= 15 is 0 Å². The smallest absolute Gasteiger partial charge is 0.00655 e. The van der Waals surface area contributed by atoms with Crippen molar-refractivity contribution in [3.63, 3.8) is 0 Å². The van der Waals surface area contributed by atoms with E-state index in [-0.39, 0.29) is 5.41 Å². The third kappa shape index (κ3) is 2.47. The first-order chi connectivity index (χ1) is 11.4. The summed E-state index contributed by atoms with van der Waals surface area (Å²) >= 11 is 0. The molecule has 0 aromatic carbocycles. The molecular formula is C24H38. The van der Waals surface area contributed by atoms with Crippen molar-refractivity contribution in [2.75, 3.05) is 0 Å². The summed E-state index contributed by atoms with van der Waals surface area (Å²) in [6.45, 7) is 18.1.